The van der Waals surface area contributed by atoms with E-state index < -0.39 is 0 Å². The van der Waals surface area contributed by atoms with Crippen LogP contribution in [0.5, 0.6) is 0 Å². The lowest BCUT2D eigenvalue weighted by Gasteiger charge is -2.03. The van der Waals surface area contributed by atoms with Crippen LogP contribution in [-0.2, 0) is 20.1 Å². The van der Waals surface area contributed by atoms with E-state index in [2.05, 4.69) is 29.2 Å². The van der Waals surface area contributed by atoms with E-state index in [-0.39, 0.29) is 0 Å². The van der Waals surface area contributed by atoms with Crippen LogP contribution in [0.25, 0.3) is 0 Å². The van der Waals surface area contributed by atoms with Gasteiger partial charge < -0.3 is 5.32 Å². The molecule has 0 aliphatic heterocycles. The van der Waals surface area contributed by atoms with E-state index in [0.717, 1.165) is 23.8 Å². The summed E-state index contributed by atoms with van der Waals surface area (Å²) in [4.78, 5) is 5.52. The van der Waals surface area contributed by atoms with Crippen molar-refractivity contribution in [3.05, 3.63) is 33.0 Å². The Bertz CT molecular complexity index is 513. The second-order valence-corrected chi connectivity index (χ2v) is 5.54. The van der Waals surface area contributed by atoms with Crippen molar-refractivity contribution in [2.45, 2.75) is 33.9 Å². The van der Waals surface area contributed by atoms with Gasteiger partial charge in [-0.3, -0.25) is 4.68 Å². The summed E-state index contributed by atoms with van der Waals surface area (Å²) in [7, 11) is 1.98. The first-order valence-corrected chi connectivity index (χ1v) is 6.50. The summed E-state index contributed by atoms with van der Waals surface area (Å²) in [6.45, 7) is 7.93. The average molecular weight is 250 g/mol. The number of nitrogens with one attached hydrogen (secondary N) is 1. The number of aromatic nitrogens is 3. The predicted molar refractivity (Wildman–Crippen MR) is 70.1 cm³/mol. The van der Waals surface area contributed by atoms with Gasteiger partial charge in [-0.05, 0) is 20.8 Å². The van der Waals surface area contributed by atoms with Crippen molar-refractivity contribution in [2.75, 3.05) is 0 Å². The van der Waals surface area contributed by atoms with E-state index in [1.807, 2.05) is 24.9 Å². The molecule has 2 aromatic heterocycles. The molecule has 2 heterocycles. The van der Waals surface area contributed by atoms with E-state index >= 15 is 0 Å². The highest BCUT2D eigenvalue weighted by atomic mass is 32.1. The molecule has 4 nitrogen and oxygen atoms in total. The summed E-state index contributed by atoms with van der Waals surface area (Å²) < 4.78 is 1.93. The highest BCUT2D eigenvalue weighted by Gasteiger charge is 2.08. The van der Waals surface area contributed by atoms with E-state index in [1.54, 1.807) is 11.3 Å². The highest BCUT2D eigenvalue weighted by molar-refractivity contribution is 7.11. The predicted octanol–water partition coefficient (Wildman–Crippen LogP) is 2.09. The van der Waals surface area contributed by atoms with Crippen molar-refractivity contribution in [3.8, 4) is 0 Å². The molecule has 0 unspecified atom stereocenters. The molecule has 0 aromatic carbocycles. The van der Waals surface area contributed by atoms with Gasteiger partial charge in [0.1, 0.15) is 0 Å². The molecule has 0 fully saturated rings. The minimum absolute atomic E-state index is 0.864. The fourth-order valence-corrected chi connectivity index (χ4v) is 2.64. The maximum atomic E-state index is 4.41. The molecular formula is C12H18N4S. The van der Waals surface area contributed by atoms with Gasteiger partial charge in [0, 0.05) is 42.5 Å². The number of rotatable bonds is 4. The first kappa shape index (κ1) is 12.3. The van der Waals surface area contributed by atoms with Crippen molar-refractivity contribution < 1.29 is 0 Å². The molecule has 0 saturated heterocycles. The van der Waals surface area contributed by atoms with Crippen molar-refractivity contribution in [1.29, 1.82) is 0 Å². The molecule has 1 N–H and O–H groups in total. The Morgan fingerprint density at radius 2 is 2.06 bits per heavy atom. The largest absolute Gasteiger partial charge is 0.308 e. The highest BCUT2D eigenvalue weighted by Crippen LogP contribution is 2.13. The zero-order valence-electron chi connectivity index (χ0n) is 10.7. The first-order chi connectivity index (χ1) is 8.08. The number of hydrogen-bond acceptors (Lipinski definition) is 4. The minimum Gasteiger partial charge on any atom is -0.308 e. The molecule has 0 radical (unpaired) electrons. The SMILES string of the molecule is Cc1ncc(CNCc2c(C)nn(C)c2C)s1. The third kappa shape index (κ3) is 2.73. The zero-order chi connectivity index (χ0) is 12.4. The van der Waals surface area contributed by atoms with Gasteiger partial charge in [-0.2, -0.15) is 5.10 Å². The third-order valence-electron chi connectivity index (χ3n) is 2.93. The maximum absolute atomic E-state index is 4.41. The Kier molecular flexibility index (Phi) is 3.59. The van der Waals surface area contributed by atoms with Gasteiger partial charge in [-0.25, -0.2) is 4.98 Å². The molecule has 0 saturated carbocycles. The van der Waals surface area contributed by atoms with E-state index in [4.69, 9.17) is 0 Å². The van der Waals surface area contributed by atoms with Crippen LogP contribution in [0, 0.1) is 20.8 Å². The Hall–Kier alpha value is -1.20. The van der Waals surface area contributed by atoms with Crippen LogP contribution in [0.1, 0.15) is 26.8 Å². The number of hydrogen-bond donors (Lipinski definition) is 1. The van der Waals surface area contributed by atoms with E-state index in [0.29, 0.717) is 0 Å². The molecule has 0 aliphatic rings. The summed E-state index contributed by atoms with van der Waals surface area (Å²) in [5.41, 5.74) is 3.64. The monoisotopic (exact) mass is 250 g/mol. The molecule has 92 valence electrons. The Morgan fingerprint density at radius 3 is 2.59 bits per heavy atom. The van der Waals surface area contributed by atoms with Gasteiger partial charge in [0.25, 0.3) is 0 Å². The summed E-state index contributed by atoms with van der Waals surface area (Å²) in [5.74, 6) is 0. The fourth-order valence-electron chi connectivity index (χ4n) is 1.87. The number of thiazole rings is 1. The van der Waals surface area contributed by atoms with Crippen LogP contribution >= 0.6 is 11.3 Å². The molecule has 0 amide bonds. The maximum Gasteiger partial charge on any atom is 0.0897 e. The lowest BCUT2D eigenvalue weighted by Crippen LogP contribution is -2.13. The normalized spacial score (nSPS) is 11.1. The second kappa shape index (κ2) is 4.98. The van der Waals surface area contributed by atoms with Crippen LogP contribution < -0.4 is 5.32 Å². The van der Waals surface area contributed by atoms with Gasteiger partial charge in [0.15, 0.2) is 0 Å². The van der Waals surface area contributed by atoms with Gasteiger partial charge in [-0.15, -0.1) is 11.3 Å². The molecule has 17 heavy (non-hydrogen) atoms. The van der Waals surface area contributed by atoms with Crippen molar-refractivity contribution in [1.82, 2.24) is 20.1 Å². The zero-order valence-corrected chi connectivity index (χ0v) is 11.6. The van der Waals surface area contributed by atoms with Crippen molar-refractivity contribution >= 4 is 11.3 Å². The van der Waals surface area contributed by atoms with E-state index in [1.165, 1.54) is 16.1 Å². The summed E-state index contributed by atoms with van der Waals surface area (Å²) >= 11 is 1.74. The van der Waals surface area contributed by atoms with Crippen molar-refractivity contribution in [3.63, 3.8) is 0 Å². The van der Waals surface area contributed by atoms with Gasteiger partial charge in [0.05, 0.1) is 10.7 Å². The molecule has 0 aliphatic carbocycles. The summed E-state index contributed by atoms with van der Waals surface area (Å²) in [6.07, 6.45) is 1.94. The standard InChI is InChI=1S/C12H18N4S/c1-8-12(9(2)16(4)15-8)7-13-5-11-6-14-10(3)17-11/h6,13H,5,7H2,1-4H3. The Labute approximate surface area is 106 Å². The second-order valence-electron chi connectivity index (χ2n) is 4.22. The smallest absolute Gasteiger partial charge is 0.0897 e. The molecule has 2 rings (SSSR count). The minimum atomic E-state index is 0.864. The Balaban J connectivity index is 1.94. The molecule has 0 spiro atoms. The average Bonchev–Trinajstić information content (AvgIpc) is 2.78. The molecule has 5 heteroatoms. The van der Waals surface area contributed by atoms with Gasteiger partial charge in [-0.1, -0.05) is 0 Å². The number of nitrogens with zero attached hydrogens (tertiary/aromatic N) is 3. The lowest BCUT2D eigenvalue weighted by atomic mass is 10.2. The first-order valence-electron chi connectivity index (χ1n) is 5.69. The Morgan fingerprint density at radius 1 is 1.29 bits per heavy atom. The number of aryl methyl sites for hydroxylation is 3. The quantitative estimate of drug-likeness (QED) is 0.903. The van der Waals surface area contributed by atoms with Crippen molar-refractivity contribution in [2.24, 2.45) is 7.05 Å². The van der Waals surface area contributed by atoms with E-state index in [9.17, 15) is 0 Å². The summed E-state index contributed by atoms with van der Waals surface area (Å²) in [6, 6.07) is 0. The fraction of sp³-hybridized carbons (Fsp3) is 0.500. The van der Waals surface area contributed by atoms with Crippen LogP contribution in [-0.4, -0.2) is 14.8 Å². The third-order valence-corrected chi connectivity index (χ3v) is 3.84. The van der Waals surface area contributed by atoms with Gasteiger partial charge >= 0.3 is 0 Å². The topological polar surface area (TPSA) is 42.7 Å². The van der Waals surface area contributed by atoms with Crippen LogP contribution in [0.15, 0.2) is 6.20 Å². The van der Waals surface area contributed by atoms with Crippen LogP contribution in [0.4, 0.5) is 0 Å². The van der Waals surface area contributed by atoms with Crippen LogP contribution in [0.3, 0.4) is 0 Å². The molecule has 0 atom stereocenters. The molecular weight excluding hydrogens is 232 g/mol. The molecule has 2 aromatic rings. The lowest BCUT2D eigenvalue weighted by molar-refractivity contribution is 0.689. The summed E-state index contributed by atoms with van der Waals surface area (Å²) in [5, 5.41) is 8.97. The van der Waals surface area contributed by atoms with Gasteiger partial charge in [0.2, 0.25) is 0 Å². The molecule has 0 bridgehead atoms. The van der Waals surface area contributed by atoms with Crippen LogP contribution in [0.2, 0.25) is 0 Å².